The summed E-state index contributed by atoms with van der Waals surface area (Å²) in [5, 5.41) is 12.2. The van der Waals surface area contributed by atoms with Crippen molar-refractivity contribution in [3.8, 4) is 0 Å². The minimum absolute atomic E-state index is 0.175. The summed E-state index contributed by atoms with van der Waals surface area (Å²) >= 11 is 3.44. The highest BCUT2D eigenvalue weighted by atomic mass is 79.9. The van der Waals surface area contributed by atoms with E-state index in [-0.39, 0.29) is 10.6 Å². The van der Waals surface area contributed by atoms with Gasteiger partial charge >= 0.3 is 0 Å². The van der Waals surface area contributed by atoms with Gasteiger partial charge in [-0.1, -0.05) is 64.0 Å². The molecule has 0 saturated heterocycles. The van der Waals surface area contributed by atoms with Crippen LogP contribution >= 0.6 is 15.9 Å². The third-order valence-corrected chi connectivity index (χ3v) is 7.35. The lowest BCUT2D eigenvalue weighted by Gasteiger charge is -2.26. The summed E-state index contributed by atoms with van der Waals surface area (Å²) in [5.41, 5.74) is 0.881. The van der Waals surface area contributed by atoms with Gasteiger partial charge in [-0.2, -0.15) is 0 Å². The maximum atomic E-state index is 13.6. The van der Waals surface area contributed by atoms with Crippen LogP contribution in [-0.2, 0) is 15.6 Å². The molecule has 0 bridgehead atoms. The van der Waals surface area contributed by atoms with Gasteiger partial charge in [-0.15, -0.1) is 0 Å². The molecule has 4 rings (SSSR count). The van der Waals surface area contributed by atoms with Gasteiger partial charge in [-0.3, -0.25) is 0 Å². The Morgan fingerprint density at radius 1 is 0.931 bits per heavy atom. The Kier molecular flexibility index (Phi) is 4.89. The summed E-state index contributed by atoms with van der Waals surface area (Å²) in [7, 11) is -3.93. The Morgan fingerprint density at radius 2 is 1.59 bits per heavy atom. The highest BCUT2D eigenvalue weighted by Crippen LogP contribution is 2.36. The first-order valence-electron chi connectivity index (χ1n) is 9.13. The van der Waals surface area contributed by atoms with E-state index in [1.165, 1.54) is 3.97 Å². The quantitative estimate of drug-likeness (QED) is 0.446. The summed E-state index contributed by atoms with van der Waals surface area (Å²) < 4.78 is 29.4. The first kappa shape index (κ1) is 19.9. The molecule has 6 heteroatoms. The zero-order valence-electron chi connectivity index (χ0n) is 16.0. The van der Waals surface area contributed by atoms with E-state index in [0.717, 1.165) is 15.4 Å². The highest BCUT2D eigenvalue weighted by molar-refractivity contribution is 9.10. The Balaban J connectivity index is 2.05. The fraction of sp³-hybridized carbons (Fsp3) is 0.130. The van der Waals surface area contributed by atoms with Crippen molar-refractivity contribution in [1.29, 1.82) is 0 Å². The Morgan fingerprint density at radius 3 is 2.24 bits per heavy atom. The molecule has 0 spiro atoms. The molecule has 1 aromatic heterocycles. The summed E-state index contributed by atoms with van der Waals surface area (Å²) in [5.74, 6) is 0. The van der Waals surface area contributed by atoms with Crippen LogP contribution in [0.25, 0.3) is 10.9 Å². The van der Waals surface area contributed by atoms with Gasteiger partial charge < -0.3 is 5.11 Å². The number of aromatic nitrogens is 1. The molecule has 0 radical (unpaired) electrons. The molecule has 1 atom stereocenters. The maximum Gasteiger partial charge on any atom is 0.268 e. The van der Waals surface area contributed by atoms with Gasteiger partial charge in [0.05, 0.1) is 16.1 Å². The second-order valence-corrected chi connectivity index (χ2v) is 9.96. The molecule has 3 aromatic carbocycles. The van der Waals surface area contributed by atoms with Crippen molar-refractivity contribution in [1.82, 2.24) is 3.97 Å². The predicted molar refractivity (Wildman–Crippen MR) is 119 cm³/mol. The summed E-state index contributed by atoms with van der Waals surface area (Å²) in [6.45, 7) is 3.53. The van der Waals surface area contributed by atoms with E-state index < -0.39 is 15.6 Å². The van der Waals surface area contributed by atoms with E-state index in [2.05, 4.69) is 15.9 Å². The summed E-state index contributed by atoms with van der Waals surface area (Å²) in [6.07, 6.45) is 0. The van der Waals surface area contributed by atoms with Crippen molar-refractivity contribution in [2.24, 2.45) is 0 Å². The van der Waals surface area contributed by atoms with Crippen LogP contribution in [0.1, 0.15) is 23.7 Å². The molecule has 4 aromatic rings. The van der Waals surface area contributed by atoms with Crippen LogP contribution in [0.4, 0.5) is 0 Å². The van der Waals surface area contributed by atoms with Crippen LogP contribution in [0.3, 0.4) is 0 Å². The molecule has 0 aliphatic heterocycles. The van der Waals surface area contributed by atoms with E-state index in [1.54, 1.807) is 61.5 Å². The van der Waals surface area contributed by atoms with Gasteiger partial charge in [0.25, 0.3) is 10.0 Å². The van der Waals surface area contributed by atoms with Gasteiger partial charge in [-0.05, 0) is 55.8 Å². The number of aryl methyl sites for hydroxylation is 1. The molecule has 148 valence electrons. The molecule has 1 N–H and O–H groups in total. The molecular formula is C23H20BrNO3S. The normalized spacial score (nSPS) is 14.1. The molecule has 1 unspecified atom stereocenters. The fourth-order valence-electron chi connectivity index (χ4n) is 3.49. The number of rotatable bonds is 4. The van der Waals surface area contributed by atoms with Crippen LogP contribution < -0.4 is 0 Å². The van der Waals surface area contributed by atoms with Gasteiger partial charge in [-0.25, -0.2) is 12.4 Å². The average molecular weight is 470 g/mol. The molecule has 1 heterocycles. The van der Waals surface area contributed by atoms with Crippen molar-refractivity contribution in [3.63, 3.8) is 0 Å². The van der Waals surface area contributed by atoms with Gasteiger partial charge in [0.2, 0.25) is 0 Å². The standard InChI is InChI=1S/C23H20BrNO3S/c1-16-8-11-20(12-9-16)29(27,28)25-21-13-10-19(24)14-17(21)15-22(25)23(2,26)18-6-4-3-5-7-18/h3-15,26H,1-2H3. The van der Waals surface area contributed by atoms with E-state index in [9.17, 15) is 13.5 Å². The third-order valence-electron chi connectivity index (χ3n) is 5.11. The minimum atomic E-state index is -3.93. The number of hydrogen-bond donors (Lipinski definition) is 1. The summed E-state index contributed by atoms with van der Waals surface area (Å²) in [6, 6.07) is 22.9. The van der Waals surface area contributed by atoms with Crippen LogP contribution in [0.5, 0.6) is 0 Å². The molecule has 0 saturated carbocycles. The van der Waals surface area contributed by atoms with Crippen molar-refractivity contribution in [2.45, 2.75) is 24.3 Å². The number of halogens is 1. The number of nitrogens with zero attached hydrogens (tertiary/aromatic N) is 1. The van der Waals surface area contributed by atoms with Gasteiger partial charge in [0.15, 0.2) is 0 Å². The molecule has 0 aliphatic carbocycles. The number of hydrogen-bond acceptors (Lipinski definition) is 3. The fourth-order valence-corrected chi connectivity index (χ4v) is 5.47. The number of benzene rings is 3. The maximum absolute atomic E-state index is 13.6. The first-order chi connectivity index (χ1) is 13.7. The second-order valence-electron chi connectivity index (χ2n) is 7.25. The van der Waals surface area contributed by atoms with E-state index in [4.69, 9.17) is 0 Å². The second kappa shape index (κ2) is 7.13. The van der Waals surface area contributed by atoms with Gasteiger partial charge in [0, 0.05) is 9.86 Å². The van der Waals surface area contributed by atoms with E-state index in [0.29, 0.717) is 11.1 Å². The number of fused-ring (bicyclic) bond motifs is 1. The lowest BCUT2D eigenvalue weighted by atomic mass is 9.93. The zero-order valence-corrected chi connectivity index (χ0v) is 18.4. The molecule has 0 fully saturated rings. The lowest BCUT2D eigenvalue weighted by molar-refractivity contribution is 0.0969. The van der Waals surface area contributed by atoms with Crippen molar-refractivity contribution in [2.75, 3.05) is 0 Å². The average Bonchev–Trinajstić information content (AvgIpc) is 3.09. The van der Waals surface area contributed by atoms with Crippen LogP contribution in [0.2, 0.25) is 0 Å². The first-order valence-corrected chi connectivity index (χ1v) is 11.4. The Labute approximate surface area is 178 Å². The third kappa shape index (κ3) is 3.41. The molecule has 4 nitrogen and oxygen atoms in total. The van der Waals surface area contributed by atoms with Crippen molar-refractivity contribution >= 4 is 36.9 Å². The largest absolute Gasteiger partial charge is 0.379 e. The minimum Gasteiger partial charge on any atom is -0.379 e. The van der Waals surface area contributed by atoms with E-state index >= 15 is 0 Å². The summed E-state index contributed by atoms with van der Waals surface area (Å²) in [4.78, 5) is 0.175. The zero-order chi connectivity index (χ0) is 20.8. The molecule has 29 heavy (non-hydrogen) atoms. The highest BCUT2D eigenvalue weighted by Gasteiger charge is 2.34. The van der Waals surface area contributed by atoms with Crippen LogP contribution in [0, 0.1) is 6.92 Å². The molecular weight excluding hydrogens is 450 g/mol. The van der Waals surface area contributed by atoms with Crippen molar-refractivity contribution < 1.29 is 13.5 Å². The van der Waals surface area contributed by atoms with Crippen molar-refractivity contribution in [3.05, 3.63) is 100 Å². The molecule has 0 amide bonds. The predicted octanol–water partition coefficient (Wildman–Crippen LogP) is 5.21. The van der Waals surface area contributed by atoms with Gasteiger partial charge in [0.1, 0.15) is 5.60 Å². The Bertz CT molecular complexity index is 1290. The molecule has 0 aliphatic rings. The number of aliphatic hydroxyl groups is 1. The lowest BCUT2D eigenvalue weighted by Crippen LogP contribution is -2.29. The van der Waals surface area contributed by atoms with Crippen LogP contribution in [0.15, 0.2) is 88.2 Å². The Hall–Kier alpha value is -2.41. The monoisotopic (exact) mass is 469 g/mol. The van der Waals surface area contributed by atoms with Crippen LogP contribution in [-0.4, -0.2) is 17.5 Å². The van der Waals surface area contributed by atoms with E-state index in [1.807, 2.05) is 31.2 Å². The SMILES string of the molecule is Cc1ccc(S(=O)(=O)n2c(C(C)(O)c3ccccc3)cc3cc(Br)ccc32)cc1. The topological polar surface area (TPSA) is 59.3 Å². The smallest absolute Gasteiger partial charge is 0.268 e.